The largest absolute Gasteiger partial charge is 0.458 e. The number of likely N-dealkylation sites (N-methyl/N-ethyl adjacent to an activating group) is 1. The van der Waals surface area contributed by atoms with E-state index >= 15 is 0 Å². The summed E-state index contributed by atoms with van der Waals surface area (Å²) in [5, 5.41) is 3.93. The standard InChI is InChI=1S/C39H63N5O7/c1-12-24(4)34(43(9)37(47)33(40)23(2)3)31(49-10)21-32(45)44-19-15-18-30(44)35(50-11)25(5)36(46)42-29(38(48)51-39(6,7)8)20-26-22-41-28-17-14-13-16-27(26)28/h13-14,16-17,22-25,29-31,33-35,41H,12,15,18-21,40H2,1-11H3,(H,42,46)/t24-,25+,29-,30-,31+,33-,34-,35+/m0/s1. The van der Waals surface area contributed by atoms with E-state index in [1.807, 2.05) is 51.2 Å². The molecule has 0 unspecified atom stereocenters. The second-order valence-electron chi connectivity index (χ2n) is 15.5. The maximum atomic E-state index is 14.1. The SMILES string of the molecule is CC[C@H](C)[C@@H]([C@@H](CC(=O)N1CCC[C@H]1[C@H](OC)[C@@H](C)C(=O)N[C@@H](Cc1c[nH]c2ccccc12)C(=O)OC(C)(C)C)OC)N(C)C(=O)[C@@H](N)C(C)C. The first-order valence-corrected chi connectivity index (χ1v) is 18.4. The Bertz CT molecular complexity index is 1470. The molecule has 12 heteroatoms. The number of aromatic amines is 1. The van der Waals surface area contributed by atoms with Gasteiger partial charge in [-0.15, -0.1) is 0 Å². The minimum absolute atomic E-state index is 0.0383. The third kappa shape index (κ3) is 10.5. The Kier molecular flexibility index (Phi) is 15.1. The van der Waals surface area contributed by atoms with Gasteiger partial charge < -0.3 is 40.0 Å². The van der Waals surface area contributed by atoms with Crippen LogP contribution in [-0.2, 0) is 39.8 Å². The fourth-order valence-electron chi connectivity index (χ4n) is 7.22. The quantitative estimate of drug-likeness (QED) is 0.203. The molecule has 1 aromatic heterocycles. The van der Waals surface area contributed by atoms with Crippen LogP contribution in [-0.4, -0.2) is 108 Å². The average molecular weight is 714 g/mol. The molecule has 0 radical (unpaired) electrons. The van der Waals surface area contributed by atoms with Gasteiger partial charge in [-0.3, -0.25) is 14.4 Å². The summed E-state index contributed by atoms with van der Waals surface area (Å²) in [4.78, 5) is 61.5. The second-order valence-corrected chi connectivity index (χ2v) is 15.5. The van der Waals surface area contributed by atoms with Crippen LogP contribution in [0.3, 0.4) is 0 Å². The third-order valence-electron chi connectivity index (χ3n) is 10.4. The van der Waals surface area contributed by atoms with Crippen LogP contribution in [0, 0.1) is 17.8 Å². The average Bonchev–Trinajstić information content (AvgIpc) is 3.73. The smallest absolute Gasteiger partial charge is 0.329 e. The highest BCUT2D eigenvalue weighted by molar-refractivity contribution is 5.88. The molecule has 0 spiro atoms. The summed E-state index contributed by atoms with van der Waals surface area (Å²) in [7, 11) is 4.85. The van der Waals surface area contributed by atoms with Crippen LogP contribution in [0.15, 0.2) is 30.5 Å². The van der Waals surface area contributed by atoms with Gasteiger partial charge in [-0.1, -0.05) is 59.2 Å². The molecular weight excluding hydrogens is 650 g/mol. The molecule has 12 nitrogen and oxygen atoms in total. The molecule has 2 aromatic rings. The Morgan fingerprint density at radius 3 is 2.33 bits per heavy atom. The van der Waals surface area contributed by atoms with Crippen molar-refractivity contribution in [2.45, 2.75) is 129 Å². The van der Waals surface area contributed by atoms with Crippen molar-refractivity contribution < 1.29 is 33.4 Å². The topological polar surface area (TPSA) is 156 Å². The lowest BCUT2D eigenvalue weighted by atomic mass is 9.89. The summed E-state index contributed by atoms with van der Waals surface area (Å²) in [6.07, 6.45) is 3.12. The maximum Gasteiger partial charge on any atom is 0.329 e. The molecule has 1 saturated heterocycles. The third-order valence-corrected chi connectivity index (χ3v) is 10.4. The predicted octanol–water partition coefficient (Wildman–Crippen LogP) is 4.44. The molecule has 3 amide bonds. The molecule has 4 N–H and O–H groups in total. The molecular formula is C39H63N5O7. The lowest BCUT2D eigenvalue weighted by Crippen LogP contribution is -2.56. The molecule has 2 heterocycles. The van der Waals surface area contributed by atoms with Crippen molar-refractivity contribution >= 4 is 34.6 Å². The normalized spacial score (nSPS) is 19.2. The number of H-pyrrole nitrogens is 1. The number of fused-ring (bicyclic) bond motifs is 1. The van der Waals surface area contributed by atoms with Gasteiger partial charge in [-0.2, -0.15) is 0 Å². The number of amides is 3. The molecule has 3 rings (SSSR count). The van der Waals surface area contributed by atoms with Crippen LogP contribution in [0.2, 0.25) is 0 Å². The summed E-state index contributed by atoms with van der Waals surface area (Å²) in [5.41, 5.74) is 7.32. The summed E-state index contributed by atoms with van der Waals surface area (Å²) < 4.78 is 17.6. The molecule has 286 valence electrons. The van der Waals surface area contributed by atoms with Gasteiger partial charge in [0.05, 0.1) is 42.7 Å². The monoisotopic (exact) mass is 713 g/mol. The number of nitrogens with one attached hydrogen (secondary N) is 2. The van der Waals surface area contributed by atoms with Crippen LogP contribution in [0.4, 0.5) is 0 Å². The number of hydrogen-bond donors (Lipinski definition) is 3. The van der Waals surface area contributed by atoms with Crippen molar-refractivity contribution in [3.63, 3.8) is 0 Å². The number of para-hydroxylation sites is 1. The van der Waals surface area contributed by atoms with Gasteiger partial charge in [-0.25, -0.2) is 4.79 Å². The number of nitrogens with zero attached hydrogens (tertiary/aromatic N) is 2. The van der Waals surface area contributed by atoms with E-state index in [2.05, 4.69) is 17.2 Å². The highest BCUT2D eigenvalue weighted by atomic mass is 16.6. The highest BCUT2D eigenvalue weighted by Crippen LogP contribution is 2.30. The molecule has 1 aromatic carbocycles. The van der Waals surface area contributed by atoms with E-state index in [-0.39, 0.29) is 54.5 Å². The zero-order valence-electron chi connectivity index (χ0n) is 32.7. The van der Waals surface area contributed by atoms with Gasteiger partial charge in [0.25, 0.3) is 0 Å². The van der Waals surface area contributed by atoms with Gasteiger partial charge in [0.15, 0.2) is 0 Å². The van der Waals surface area contributed by atoms with Crippen LogP contribution in [0.5, 0.6) is 0 Å². The minimum atomic E-state index is -0.944. The van der Waals surface area contributed by atoms with Gasteiger partial charge in [0.2, 0.25) is 17.7 Å². The predicted molar refractivity (Wildman–Crippen MR) is 199 cm³/mol. The Hall–Kier alpha value is -3.48. The van der Waals surface area contributed by atoms with Crippen molar-refractivity contribution in [1.29, 1.82) is 0 Å². The van der Waals surface area contributed by atoms with Crippen LogP contribution < -0.4 is 11.1 Å². The van der Waals surface area contributed by atoms with E-state index in [1.165, 1.54) is 0 Å². The number of carbonyl (C=O) groups is 4. The van der Waals surface area contributed by atoms with E-state index < -0.39 is 41.8 Å². The fourth-order valence-corrected chi connectivity index (χ4v) is 7.22. The summed E-state index contributed by atoms with van der Waals surface area (Å²) in [6, 6.07) is 5.45. The van der Waals surface area contributed by atoms with Crippen LogP contribution in [0.25, 0.3) is 10.9 Å². The fraction of sp³-hybridized carbons (Fsp3) is 0.692. The van der Waals surface area contributed by atoms with Gasteiger partial charge >= 0.3 is 5.97 Å². The molecule has 1 fully saturated rings. The number of aromatic nitrogens is 1. The maximum absolute atomic E-state index is 14.1. The number of rotatable bonds is 17. The zero-order valence-corrected chi connectivity index (χ0v) is 32.7. The molecule has 1 aliphatic heterocycles. The molecule has 8 atom stereocenters. The first kappa shape index (κ1) is 41.9. The highest BCUT2D eigenvalue weighted by Gasteiger charge is 2.43. The van der Waals surface area contributed by atoms with E-state index in [9.17, 15) is 19.2 Å². The first-order valence-electron chi connectivity index (χ1n) is 18.4. The Morgan fingerprint density at radius 2 is 1.75 bits per heavy atom. The first-order chi connectivity index (χ1) is 23.9. The number of hydrogen-bond acceptors (Lipinski definition) is 8. The zero-order chi connectivity index (χ0) is 38.2. The van der Waals surface area contributed by atoms with E-state index in [4.69, 9.17) is 19.9 Å². The Morgan fingerprint density at radius 1 is 1.08 bits per heavy atom. The van der Waals surface area contributed by atoms with Gasteiger partial charge in [0.1, 0.15) is 11.6 Å². The number of likely N-dealkylation sites (tertiary alicyclic amines) is 1. The molecule has 0 bridgehead atoms. The van der Waals surface area contributed by atoms with Crippen molar-refractivity contribution in [2.24, 2.45) is 23.5 Å². The van der Waals surface area contributed by atoms with E-state index in [0.29, 0.717) is 13.0 Å². The summed E-state index contributed by atoms with van der Waals surface area (Å²) >= 11 is 0. The number of esters is 1. The Balaban J connectivity index is 1.80. The summed E-state index contributed by atoms with van der Waals surface area (Å²) in [5.74, 6) is -1.91. The van der Waals surface area contributed by atoms with Crippen molar-refractivity contribution in [3.8, 4) is 0 Å². The number of nitrogens with two attached hydrogens (primary N) is 1. The van der Waals surface area contributed by atoms with Crippen LogP contribution >= 0.6 is 0 Å². The molecule has 0 aliphatic carbocycles. The van der Waals surface area contributed by atoms with Crippen molar-refractivity contribution in [3.05, 3.63) is 36.0 Å². The van der Waals surface area contributed by atoms with Crippen LogP contribution in [0.1, 0.15) is 86.6 Å². The number of benzene rings is 1. The second kappa shape index (κ2) is 18.3. The van der Waals surface area contributed by atoms with Crippen molar-refractivity contribution in [1.82, 2.24) is 20.1 Å². The molecule has 1 aliphatic rings. The number of carbonyl (C=O) groups excluding carboxylic acids is 4. The lowest BCUT2D eigenvalue weighted by Gasteiger charge is -2.40. The lowest BCUT2D eigenvalue weighted by molar-refractivity contribution is -0.159. The molecule has 0 saturated carbocycles. The minimum Gasteiger partial charge on any atom is -0.458 e. The summed E-state index contributed by atoms with van der Waals surface area (Å²) in [6.45, 7) is 15.6. The van der Waals surface area contributed by atoms with Gasteiger partial charge in [-0.05, 0) is 57.1 Å². The van der Waals surface area contributed by atoms with Crippen molar-refractivity contribution in [2.75, 3.05) is 27.8 Å². The Labute approximate surface area is 304 Å². The molecule has 51 heavy (non-hydrogen) atoms. The number of methoxy groups -OCH3 is 2. The number of ether oxygens (including phenoxy) is 3. The van der Waals surface area contributed by atoms with E-state index in [0.717, 1.165) is 29.3 Å². The van der Waals surface area contributed by atoms with Gasteiger partial charge in [0, 0.05) is 51.3 Å². The van der Waals surface area contributed by atoms with E-state index in [1.54, 1.807) is 58.8 Å².